The van der Waals surface area contributed by atoms with E-state index < -0.39 is 0 Å². The van der Waals surface area contributed by atoms with Crippen LogP contribution in [-0.2, 0) is 0 Å². The zero-order valence-corrected chi connectivity index (χ0v) is 12.0. The van der Waals surface area contributed by atoms with Crippen LogP contribution in [0.3, 0.4) is 0 Å². The van der Waals surface area contributed by atoms with Crippen LogP contribution in [0.4, 0.5) is 5.95 Å². The lowest BCUT2D eigenvalue weighted by atomic mass is 10.4. The Hall–Kier alpha value is -1.34. The van der Waals surface area contributed by atoms with Gasteiger partial charge in [-0.2, -0.15) is 0 Å². The summed E-state index contributed by atoms with van der Waals surface area (Å²) >= 11 is 9.09. The molecule has 1 aromatic carbocycles. The summed E-state index contributed by atoms with van der Waals surface area (Å²) in [4.78, 5) is 10.6. The number of benzene rings is 1. The van der Waals surface area contributed by atoms with E-state index in [1.807, 2.05) is 35.7 Å². The van der Waals surface area contributed by atoms with Gasteiger partial charge in [0.25, 0.3) is 0 Å². The van der Waals surface area contributed by atoms with E-state index in [9.17, 15) is 0 Å². The summed E-state index contributed by atoms with van der Waals surface area (Å²) < 4.78 is 0. The number of fused-ring (bicyclic) bond motifs is 1. The third kappa shape index (κ3) is 2.66. The molecule has 0 radical (unpaired) electrons. The number of nitrogen functional groups attached to an aromatic ring is 1. The van der Waals surface area contributed by atoms with Crippen LogP contribution in [-0.4, -0.2) is 9.97 Å². The highest BCUT2D eigenvalue weighted by Gasteiger charge is 2.10. The molecule has 96 valence electrons. The summed E-state index contributed by atoms with van der Waals surface area (Å²) in [5, 5.41) is 4.58. The van der Waals surface area contributed by atoms with Crippen LogP contribution in [0.1, 0.15) is 0 Å². The summed E-state index contributed by atoms with van der Waals surface area (Å²) in [5.41, 5.74) is 2.49. The number of hydrazine groups is 1. The number of anilines is 1. The third-order valence-electron chi connectivity index (χ3n) is 2.43. The quantitative estimate of drug-likeness (QED) is 0.438. The molecule has 19 heavy (non-hydrogen) atoms. The average Bonchev–Trinajstić information content (AvgIpc) is 2.87. The second-order valence-electron chi connectivity index (χ2n) is 3.70. The summed E-state index contributed by atoms with van der Waals surface area (Å²) in [5.74, 6) is 5.81. The van der Waals surface area contributed by atoms with Gasteiger partial charge in [-0.05, 0) is 29.6 Å². The second kappa shape index (κ2) is 5.34. The molecule has 0 saturated carbocycles. The van der Waals surface area contributed by atoms with Crippen LogP contribution < -0.4 is 11.3 Å². The Bertz CT molecular complexity index is 729. The number of nitrogens with two attached hydrogens (primary N) is 1. The summed E-state index contributed by atoms with van der Waals surface area (Å²) in [7, 11) is 0. The zero-order valence-electron chi connectivity index (χ0n) is 9.63. The van der Waals surface area contributed by atoms with Gasteiger partial charge in [-0.15, -0.1) is 11.3 Å². The van der Waals surface area contributed by atoms with Gasteiger partial charge in [0, 0.05) is 15.3 Å². The van der Waals surface area contributed by atoms with Crippen molar-refractivity contribution in [3.05, 3.63) is 40.7 Å². The molecule has 0 unspecified atom stereocenters. The van der Waals surface area contributed by atoms with Crippen molar-refractivity contribution in [1.82, 2.24) is 9.97 Å². The molecule has 0 bridgehead atoms. The Kier molecular flexibility index (Phi) is 3.56. The molecule has 2 heterocycles. The van der Waals surface area contributed by atoms with Gasteiger partial charge in [0.2, 0.25) is 5.95 Å². The number of hydrogen-bond donors (Lipinski definition) is 2. The minimum absolute atomic E-state index is 0.416. The topological polar surface area (TPSA) is 63.8 Å². The molecule has 3 aromatic rings. The van der Waals surface area contributed by atoms with E-state index in [0.29, 0.717) is 11.0 Å². The van der Waals surface area contributed by atoms with Crippen LogP contribution in [0, 0.1) is 0 Å². The molecule has 0 fully saturated rings. The molecule has 0 amide bonds. The van der Waals surface area contributed by atoms with Crippen molar-refractivity contribution in [2.45, 2.75) is 9.92 Å². The minimum atomic E-state index is 0.416. The molecule has 3 rings (SSSR count). The number of halogens is 1. The first-order valence-electron chi connectivity index (χ1n) is 5.41. The molecule has 0 saturated heterocycles. The second-order valence-corrected chi connectivity index (χ2v) is 6.09. The van der Waals surface area contributed by atoms with Crippen molar-refractivity contribution in [2.24, 2.45) is 5.84 Å². The first kappa shape index (κ1) is 12.7. The number of rotatable bonds is 3. The first-order valence-corrected chi connectivity index (χ1v) is 7.49. The van der Waals surface area contributed by atoms with Crippen LogP contribution >= 0.6 is 34.7 Å². The lowest BCUT2D eigenvalue weighted by molar-refractivity contribution is 1.08. The maximum Gasteiger partial charge on any atom is 0.239 e. The van der Waals surface area contributed by atoms with E-state index in [4.69, 9.17) is 17.4 Å². The first-order chi connectivity index (χ1) is 9.26. The molecule has 2 aromatic heterocycles. The Morgan fingerprint density at radius 1 is 1.26 bits per heavy atom. The predicted octanol–water partition coefficient (Wildman–Crippen LogP) is 3.78. The smallest absolute Gasteiger partial charge is 0.239 e. The van der Waals surface area contributed by atoms with Crippen LogP contribution in [0.15, 0.2) is 45.6 Å². The van der Waals surface area contributed by atoms with E-state index in [1.54, 1.807) is 23.1 Å². The highest BCUT2D eigenvalue weighted by atomic mass is 35.5. The van der Waals surface area contributed by atoms with Gasteiger partial charge in [-0.1, -0.05) is 29.4 Å². The maximum atomic E-state index is 5.99. The maximum absolute atomic E-state index is 5.99. The van der Waals surface area contributed by atoms with Crippen molar-refractivity contribution < 1.29 is 0 Å². The molecule has 0 spiro atoms. The van der Waals surface area contributed by atoms with E-state index in [1.165, 1.54) is 0 Å². The van der Waals surface area contributed by atoms with Crippen LogP contribution in [0.2, 0.25) is 5.02 Å². The van der Waals surface area contributed by atoms with Gasteiger partial charge in [-0.3, -0.25) is 5.43 Å². The minimum Gasteiger partial charge on any atom is -0.292 e. The standard InChI is InChI=1S/C12H9ClN4S2/c13-7-2-1-3-8(6-7)19-11-9-4-5-18-10(9)15-12(16-11)17-14/h1-6H,14H2,(H,15,16,17). The van der Waals surface area contributed by atoms with Gasteiger partial charge in [0.15, 0.2) is 0 Å². The van der Waals surface area contributed by atoms with Gasteiger partial charge >= 0.3 is 0 Å². The van der Waals surface area contributed by atoms with E-state index >= 15 is 0 Å². The predicted molar refractivity (Wildman–Crippen MR) is 80.8 cm³/mol. The zero-order chi connectivity index (χ0) is 13.2. The fraction of sp³-hybridized carbons (Fsp3) is 0. The molecule has 0 aliphatic heterocycles. The van der Waals surface area contributed by atoms with Gasteiger partial charge in [-0.25, -0.2) is 15.8 Å². The Morgan fingerprint density at radius 3 is 2.95 bits per heavy atom. The molecule has 0 atom stereocenters. The van der Waals surface area contributed by atoms with E-state index in [2.05, 4.69) is 15.4 Å². The van der Waals surface area contributed by atoms with Crippen molar-refractivity contribution in [2.75, 3.05) is 5.43 Å². The highest BCUT2D eigenvalue weighted by Crippen LogP contribution is 2.34. The van der Waals surface area contributed by atoms with Crippen molar-refractivity contribution >= 4 is 50.9 Å². The molecule has 4 nitrogen and oxygen atoms in total. The Balaban J connectivity index is 2.06. The van der Waals surface area contributed by atoms with Gasteiger partial charge in [0.1, 0.15) is 9.86 Å². The lowest BCUT2D eigenvalue weighted by Crippen LogP contribution is -2.10. The highest BCUT2D eigenvalue weighted by molar-refractivity contribution is 7.99. The number of thiophene rings is 1. The van der Waals surface area contributed by atoms with Gasteiger partial charge < -0.3 is 0 Å². The van der Waals surface area contributed by atoms with Crippen LogP contribution in [0.25, 0.3) is 10.2 Å². The Labute approximate surface area is 123 Å². The summed E-state index contributed by atoms with van der Waals surface area (Å²) in [6.45, 7) is 0. The fourth-order valence-electron chi connectivity index (χ4n) is 1.61. The molecule has 0 aliphatic carbocycles. The summed E-state index contributed by atoms with van der Waals surface area (Å²) in [6.07, 6.45) is 0. The monoisotopic (exact) mass is 308 g/mol. The number of nitrogens with zero attached hydrogens (tertiary/aromatic N) is 2. The van der Waals surface area contributed by atoms with Crippen LogP contribution in [0.5, 0.6) is 0 Å². The Morgan fingerprint density at radius 2 is 2.16 bits per heavy atom. The van der Waals surface area contributed by atoms with Crippen molar-refractivity contribution in [3.8, 4) is 0 Å². The largest absolute Gasteiger partial charge is 0.292 e. The molecule has 7 heteroatoms. The fourth-order valence-corrected chi connectivity index (χ4v) is 3.66. The normalized spacial score (nSPS) is 10.8. The van der Waals surface area contributed by atoms with Crippen molar-refractivity contribution in [1.29, 1.82) is 0 Å². The molecular formula is C12H9ClN4S2. The van der Waals surface area contributed by atoms with E-state index in [0.717, 1.165) is 20.1 Å². The molecule has 0 aliphatic rings. The number of aromatic nitrogens is 2. The SMILES string of the molecule is NNc1nc(Sc2cccc(Cl)c2)c2ccsc2n1. The van der Waals surface area contributed by atoms with E-state index in [-0.39, 0.29) is 0 Å². The average molecular weight is 309 g/mol. The lowest BCUT2D eigenvalue weighted by Gasteiger charge is -2.05. The third-order valence-corrected chi connectivity index (χ3v) is 4.47. The molecule has 3 N–H and O–H groups in total. The number of nitrogens with one attached hydrogen (secondary N) is 1. The number of hydrogen-bond acceptors (Lipinski definition) is 6. The van der Waals surface area contributed by atoms with Gasteiger partial charge in [0.05, 0.1) is 0 Å². The molecular weight excluding hydrogens is 300 g/mol. The van der Waals surface area contributed by atoms with Crippen molar-refractivity contribution in [3.63, 3.8) is 0 Å². The summed E-state index contributed by atoms with van der Waals surface area (Å²) in [6, 6.07) is 9.67.